The molecular formula is C24H30N2O. The van der Waals surface area contributed by atoms with Gasteiger partial charge in [0.1, 0.15) is 0 Å². The number of rotatable bonds is 10. The van der Waals surface area contributed by atoms with Crippen LogP contribution in [0.3, 0.4) is 0 Å². The highest BCUT2D eigenvalue weighted by Crippen LogP contribution is 2.17. The van der Waals surface area contributed by atoms with E-state index in [4.69, 9.17) is 0 Å². The Morgan fingerprint density at radius 3 is 2.26 bits per heavy atom. The molecule has 0 unspecified atom stereocenters. The first-order valence-electron chi connectivity index (χ1n) is 9.53. The van der Waals surface area contributed by atoms with Crippen molar-refractivity contribution in [3.8, 4) is 0 Å². The Hall–Kier alpha value is -2.81. The lowest BCUT2D eigenvalue weighted by atomic mass is 10.0. The fourth-order valence-corrected chi connectivity index (χ4v) is 3.20. The van der Waals surface area contributed by atoms with Crippen LogP contribution in [0.2, 0.25) is 0 Å². The molecule has 0 saturated carbocycles. The number of aryl methyl sites for hydroxylation is 1. The summed E-state index contributed by atoms with van der Waals surface area (Å²) < 4.78 is 0. The second-order valence-corrected chi connectivity index (χ2v) is 6.73. The second-order valence-electron chi connectivity index (χ2n) is 6.73. The number of amides is 2. The van der Waals surface area contributed by atoms with E-state index in [1.165, 1.54) is 5.56 Å². The minimum absolute atomic E-state index is 0.0514. The summed E-state index contributed by atoms with van der Waals surface area (Å²) in [5.41, 5.74) is 2.37. The third-order valence-electron chi connectivity index (χ3n) is 4.71. The summed E-state index contributed by atoms with van der Waals surface area (Å²) in [5, 5.41) is 3.12. The average molecular weight is 363 g/mol. The molecule has 2 amide bonds. The van der Waals surface area contributed by atoms with Crippen LogP contribution in [0.1, 0.15) is 36.9 Å². The third kappa shape index (κ3) is 6.45. The number of urea groups is 1. The Labute approximate surface area is 163 Å². The molecule has 2 aromatic rings. The summed E-state index contributed by atoms with van der Waals surface area (Å²) >= 11 is 0. The van der Waals surface area contributed by atoms with Gasteiger partial charge in [0.25, 0.3) is 0 Å². The van der Waals surface area contributed by atoms with E-state index >= 15 is 0 Å². The molecule has 3 nitrogen and oxygen atoms in total. The Morgan fingerprint density at radius 1 is 1.04 bits per heavy atom. The van der Waals surface area contributed by atoms with Gasteiger partial charge in [0.15, 0.2) is 0 Å². The molecule has 0 spiro atoms. The van der Waals surface area contributed by atoms with Crippen LogP contribution in [0.15, 0.2) is 86.0 Å². The highest BCUT2D eigenvalue weighted by Gasteiger charge is 2.23. The number of carbonyl (C=O) groups is 1. The van der Waals surface area contributed by atoms with Gasteiger partial charge in [-0.2, -0.15) is 0 Å². The summed E-state index contributed by atoms with van der Waals surface area (Å²) in [6.45, 7) is 10.2. The maximum Gasteiger partial charge on any atom is 0.318 e. The molecule has 2 rings (SSSR count). The molecule has 27 heavy (non-hydrogen) atoms. The molecule has 0 bridgehead atoms. The van der Waals surface area contributed by atoms with Crippen LogP contribution in [0, 0.1) is 0 Å². The highest BCUT2D eigenvalue weighted by atomic mass is 16.2. The number of hydrogen-bond donors (Lipinski definition) is 1. The molecule has 142 valence electrons. The molecule has 0 radical (unpaired) electrons. The molecule has 0 aliphatic carbocycles. The van der Waals surface area contributed by atoms with Gasteiger partial charge in [0.2, 0.25) is 0 Å². The second kappa shape index (κ2) is 11.0. The molecule has 0 aliphatic rings. The van der Waals surface area contributed by atoms with Crippen molar-refractivity contribution < 1.29 is 4.79 Å². The molecule has 0 aliphatic heterocycles. The lowest BCUT2D eigenvalue weighted by Crippen LogP contribution is -2.47. The minimum Gasteiger partial charge on any atom is -0.331 e. The summed E-state index contributed by atoms with van der Waals surface area (Å²) in [7, 11) is 0. The maximum absolute atomic E-state index is 13.0. The van der Waals surface area contributed by atoms with Crippen molar-refractivity contribution in [3.63, 3.8) is 0 Å². The van der Waals surface area contributed by atoms with Crippen molar-refractivity contribution in [1.82, 2.24) is 10.2 Å². The predicted molar refractivity (Wildman–Crippen MR) is 114 cm³/mol. The molecule has 3 heteroatoms. The van der Waals surface area contributed by atoms with E-state index in [-0.39, 0.29) is 18.1 Å². The first kappa shape index (κ1) is 20.5. The predicted octanol–water partition coefficient (Wildman–Crippen LogP) is 5.52. The number of hydrogen-bond acceptors (Lipinski definition) is 1. The zero-order valence-corrected chi connectivity index (χ0v) is 16.2. The van der Waals surface area contributed by atoms with Crippen LogP contribution in [-0.2, 0) is 6.42 Å². The van der Waals surface area contributed by atoms with Crippen LogP contribution in [-0.4, -0.2) is 23.5 Å². The fourth-order valence-electron chi connectivity index (χ4n) is 3.20. The number of nitrogens with one attached hydrogen (secondary N) is 1. The van der Waals surface area contributed by atoms with Crippen molar-refractivity contribution in [3.05, 3.63) is 97.1 Å². The summed E-state index contributed by atoms with van der Waals surface area (Å²) in [5.74, 6) is 0. The van der Waals surface area contributed by atoms with Crippen molar-refractivity contribution >= 4 is 6.03 Å². The fraction of sp³-hybridized carbons (Fsp3) is 0.292. The standard InChI is InChI=1S/C24H30N2O/c1-4-12-23(18-17-21-13-8-6-9-14-21)26(19-5-2)24(27)25-20(3)22-15-10-7-11-16-22/h4-11,13-16,20,23H,1-2,12,17-19H2,3H3,(H,25,27)/t20-,23-/m0/s1. The van der Waals surface area contributed by atoms with Gasteiger partial charge < -0.3 is 10.2 Å². The van der Waals surface area contributed by atoms with Gasteiger partial charge in [-0.15, -0.1) is 13.2 Å². The summed E-state index contributed by atoms with van der Waals surface area (Å²) in [4.78, 5) is 14.8. The molecule has 0 aromatic heterocycles. The maximum atomic E-state index is 13.0. The van der Waals surface area contributed by atoms with Gasteiger partial charge >= 0.3 is 6.03 Å². The van der Waals surface area contributed by atoms with E-state index < -0.39 is 0 Å². The van der Waals surface area contributed by atoms with Crippen LogP contribution in [0.25, 0.3) is 0 Å². The Kier molecular flexibility index (Phi) is 8.37. The zero-order valence-electron chi connectivity index (χ0n) is 16.2. The monoisotopic (exact) mass is 362 g/mol. The van der Waals surface area contributed by atoms with E-state index in [9.17, 15) is 4.79 Å². The largest absolute Gasteiger partial charge is 0.331 e. The molecule has 0 fully saturated rings. The van der Waals surface area contributed by atoms with Crippen LogP contribution in [0.5, 0.6) is 0 Å². The van der Waals surface area contributed by atoms with Crippen molar-refractivity contribution in [2.24, 2.45) is 0 Å². The van der Waals surface area contributed by atoms with Gasteiger partial charge in [-0.25, -0.2) is 4.79 Å². The molecule has 0 heterocycles. The van der Waals surface area contributed by atoms with Crippen molar-refractivity contribution in [2.75, 3.05) is 6.54 Å². The van der Waals surface area contributed by atoms with Gasteiger partial charge in [-0.05, 0) is 37.3 Å². The Bertz CT molecular complexity index is 712. The quantitative estimate of drug-likeness (QED) is 0.554. The number of carbonyl (C=O) groups excluding carboxylic acids is 1. The summed E-state index contributed by atoms with van der Waals surface area (Å²) in [6.07, 6.45) is 6.24. The number of nitrogens with zero attached hydrogens (tertiary/aromatic N) is 1. The van der Waals surface area contributed by atoms with Crippen molar-refractivity contribution in [2.45, 2.75) is 38.3 Å². The minimum atomic E-state index is -0.0637. The lowest BCUT2D eigenvalue weighted by molar-refractivity contribution is 0.175. The van der Waals surface area contributed by atoms with E-state index in [0.29, 0.717) is 6.54 Å². The van der Waals surface area contributed by atoms with Gasteiger partial charge in [0, 0.05) is 12.6 Å². The first-order chi connectivity index (χ1) is 13.2. The molecular weight excluding hydrogens is 332 g/mol. The summed E-state index contributed by atoms with van der Waals surface area (Å²) in [6, 6.07) is 20.3. The first-order valence-corrected chi connectivity index (χ1v) is 9.53. The van der Waals surface area contributed by atoms with Gasteiger partial charge in [-0.3, -0.25) is 0 Å². The van der Waals surface area contributed by atoms with Gasteiger partial charge in [0.05, 0.1) is 6.04 Å². The molecule has 2 aromatic carbocycles. The SMILES string of the molecule is C=CC[C@@H](CCc1ccccc1)N(CC=C)C(=O)N[C@@H](C)c1ccccc1. The Balaban J connectivity index is 2.06. The highest BCUT2D eigenvalue weighted by molar-refractivity contribution is 5.75. The molecule has 0 saturated heterocycles. The molecule has 1 N–H and O–H groups in total. The third-order valence-corrected chi connectivity index (χ3v) is 4.71. The van der Waals surface area contributed by atoms with E-state index in [1.54, 1.807) is 6.08 Å². The lowest BCUT2D eigenvalue weighted by Gasteiger charge is -2.32. The number of benzene rings is 2. The average Bonchev–Trinajstić information content (AvgIpc) is 2.71. The van der Waals surface area contributed by atoms with E-state index in [2.05, 4.69) is 30.6 Å². The van der Waals surface area contributed by atoms with E-state index in [0.717, 1.165) is 24.8 Å². The van der Waals surface area contributed by atoms with Crippen molar-refractivity contribution in [1.29, 1.82) is 0 Å². The van der Waals surface area contributed by atoms with Crippen LogP contribution < -0.4 is 5.32 Å². The van der Waals surface area contributed by atoms with Gasteiger partial charge in [-0.1, -0.05) is 72.8 Å². The van der Waals surface area contributed by atoms with E-state index in [1.807, 2.05) is 66.4 Å². The Morgan fingerprint density at radius 2 is 1.67 bits per heavy atom. The smallest absolute Gasteiger partial charge is 0.318 e. The van der Waals surface area contributed by atoms with Crippen LogP contribution in [0.4, 0.5) is 4.79 Å². The normalized spacial score (nSPS) is 12.6. The van der Waals surface area contributed by atoms with Crippen LogP contribution >= 0.6 is 0 Å². The zero-order chi connectivity index (χ0) is 19.5. The molecule has 2 atom stereocenters. The topological polar surface area (TPSA) is 32.3 Å².